The van der Waals surface area contributed by atoms with Gasteiger partial charge in [0.2, 0.25) is 5.75 Å². The Morgan fingerprint density at radius 3 is 2.06 bits per heavy atom. The number of rotatable bonds is 7. The number of carbonyl (C=O) groups excluding carboxylic acids is 2. The van der Waals surface area contributed by atoms with Crippen LogP contribution in [0.15, 0.2) is 36.4 Å². The summed E-state index contributed by atoms with van der Waals surface area (Å²) in [4.78, 5) is 27.3. The van der Waals surface area contributed by atoms with E-state index in [0.717, 1.165) is 0 Å². The standard InChI is InChI=1S/C23H28N2O6/c1-28-18-7-5-6-15(12-18)22(26)24-17-8-10-25(11-9-17)23(27)16-13-19(29-2)21(31-4)20(14-16)30-3/h5-7,12-14,17H,8-11H2,1-4H3,(H,24,26). The topological polar surface area (TPSA) is 86.3 Å². The average molecular weight is 428 g/mol. The Labute approximate surface area is 182 Å². The zero-order valence-corrected chi connectivity index (χ0v) is 18.3. The van der Waals surface area contributed by atoms with Gasteiger partial charge < -0.3 is 29.2 Å². The van der Waals surface area contributed by atoms with E-state index in [-0.39, 0.29) is 17.9 Å². The zero-order chi connectivity index (χ0) is 22.4. The van der Waals surface area contributed by atoms with Crippen LogP contribution in [0.25, 0.3) is 0 Å². The quantitative estimate of drug-likeness (QED) is 0.730. The zero-order valence-electron chi connectivity index (χ0n) is 18.3. The molecule has 0 atom stereocenters. The number of ether oxygens (including phenoxy) is 4. The Morgan fingerprint density at radius 1 is 0.871 bits per heavy atom. The van der Waals surface area contributed by atoms with E-state index in [9.17, 15) is 9.59 Å². The van der Waals surface area contributed by atoms with Crippen molar-refractivity contribution in [1.82, 2.24) is 10.2 Å². The van der Waals surface area contributed by atoms with E-state index in [1.54, 1.807) is 48.4 Å². The van der Waals surface area contributed by atoms with Crippen LogP contribution in [0.3, 0.4) is 0 Å². The molecule has 2 aromatic carbocycles. The first-order chi connectivity index (χ1) is 15.0. The number of hydrogen-bond donors (Lipinski definition) is 1. The summed E-state index contributed by atoms with van der Waals surface area (Å²) in [6, 6.07) is 10.3. The summed E-state index contributed by atoms with van der Waals surface area (Å²) in [5.41, 5.74) is 1.02. The molecule has 2 amide bonds. The van der Waals surface area contributed by atoms with E-state index >= 15 is 0 Å². The third kappa shape index (κ3) is 5.02. The summed E-state index contributed by atoms with van der Waals surface area (Å²) in [5, 5.41) is 3.05. The second kappa shape index (κ2) is 10.1. The molecule has 1 heterocycles. The number of nitrogens with one attached hydrogen (secondary N) is 1. The number of benzene rings is 2. The SMILES string of the molecule is COc1cccc(C(=O)NC2CCN(C(=O)c3cc(OC)c(OC)c(OC)c3)CC2)c1. The maximum absolute atomic E-state index is 13.0. The molecule has 1 saturated heterocycles. The van der Waals surface area contributed by atoms with Gasteiger partial charge in [0.1, 0.15) is 5.75 Å². The van der Waals surface area contributed by atoms with Crippen molar-refractivity contribution < 1.29 is 28.5 Å². The molecule has 8 heteroatoms. The van der Waals surface area contributed by atoms with Gasteiger partial charge in [-0.25, -0.2) is 0 Å². The molecule has 2 aromatic rings. The molecule has 166 valence electrons. The highest BCUT2D eigenvalue weighted by Gasteiger charge is 2.26. The number of piperidine rings is 1. The summed E-state index contributed by atoms with van der Waals surface area (Å²) in [5.74, 6) is 1.69. The molecule has 0 unspecified atom stereocenters. The molecule has 8 nitrogen and oxygen atoms in total. The van der Waals surface area contributed by atoms with Crippen LogP contribution in [0.4, 0.5) is 0 Å². The first kappa shape index (κ1) is 22.3. The van der Waals surface area contributed by atoms with Crippen molar-refractivity contribution in [3.63, 3.8) is 0 Å². The van der Waals surface area contributed by atoms with Crippen molar-refractivity contribution in [2.75, 3.05) is 41.5 Å². The summed E-state index contributed by atoms with van der Waals surface area (Å²) in [6.07, 6.45) is 1.34. The minimum atomic E-state index is -0.145. The van der Waals surface area contributed by atoms with E-state index in [1.807, 2.05) is 0 Å². The van der Waals surface area contributed by atoms with Crippen LogP contribution in [0, 0.1) is 0 Å². The third-order valence-corrected chi connectivity index (χ3v) is 5.36. The van der Waals surface area contributed by atoms with Crippen LogP contribution >= 0.6 is 0 Å². The van der Waals surface area contributed by atoms with E-state index in [0.29, 0.717) is 60.1 Å². The van der Waals surface area contributed by atoms with Gasteiger partial charge in [0.05, 0.1) is 28.4 Å². The highest BCUT2D eigenvalue weighted by molar-refractivity contribution is 5.96. The average Bonchev–Trinajstić information content (AvgIpc) is 2.82. The highest BCUT2D eigenvalue weighted by atomic mass is 16.5. The lowest BCUT2D eigenvalue weighted by atomic mass is 10.0. The van der Waals surface area contributed by atoms with Crippen LogP contribution < -0.4 is 24.3 Å². The number of likely N-dealkylation sites (tertiary alicyclic amines) is 1. The van der Waals surface area contributed by atoms with Crippen molar-refractivity contribution in [2.24, 2.45) is 0 Å². The molecule has 1 fully saturated rings. The van der Waals surface area contributed by atoms with Gasteiger partial charge in [-0.15, -0.1) is 0 Å². The van der Waals surface area contributed by atoms with Crippen LogP contribution in [-0.4, -0.2) is 64.3 Å². The maximum Gasteiger partial charge on any atom is 0.254 e. The van der Waals surface area contributed by atoms with Gasteiger partial charge in [-0.2, -0.15) is 0 Å². The maximum atomic E-state index is 13.0. The first-order valence-corrected chi connectivity index (χ1v) is 10.0. The lowest BCUT2D eigenvalue weighted by Gasteiger charge is -2.32. The van der Waals surface area contributed by atoms with Crippen LogP contribution in [0.5, 0.6) is 23.0 Å². The molecule has 3 rings (SSSR count). The molecule has 0 aromatic heterocycles. The van der Waals surface area contributed by atoms with E-state index in [4.69, 9.17) is 18.9 Å². The van der Waals surface area contributed by atoms with Crippen LogP contribution in [-0.2, 0) is 0 Å². The predicted octanol–water partition coefficient (Wildman–Crippen LogP) is 2.76. The number of nitrogens with zero attached hydrogens (tertiary/aromatic N) is 1. The Hall–Kier alpha value is -3.42. The Morgan fingerprint density at radius 2 is 1.52 bits per heavy atom. The normalized spacial score (nSPS) is 14.0. The molecule has 1 aliphatic rings. The first-order valence-electron chi connectivity index (χ1n) is 10.0. The fourth-order valence-electron chi connectivity index (χ4n) is 3.65. The predicted molar refractivity (Wildman–Crippen MR) is 115 cm³/mol. The molecule has 1 aliphatic heterocycles. The van der Waals surface area contributed by atoms with Gasteiger partial charge in [-0.1, -0.05) is 6.07 Å². The van der Waals surface area contributed by atoms with Crippen molar-refractivity contribution in [3.8, 4) is 23.0 Å². The fraction of sp³-hybridized carbons (Fsp3) is 0.391. The lowest BCUT2D eigenvalue weighted by molar-refractivity contribution is 0.0697. The van der Waals surface area contributed by atoms with Crippen molar-refractivity contribution in [2.45, 2.75) is 18.9 Å². The largest absolute Gasteiger partial charge is 0.497 e. The summed E-state index contributed by atoms with van der Waals surface area (Å²) in [6.45, 7) is 1.08. The third-order valence-electron chi connectivity index (χ3n) is 5.36. The van der Waals surface area contributed by atoms with Crippen molar-refractivity contribution >= 4 is 11.8 Å². The minimum absolute atomic E-state index is 0.00249. The number of hydrogen-bond acceptors (Lipinski definition) is 6. The van der Waals surface area contributed by atoms with Gasteiger partial charge in [0.15, 0.2) is 11.5 Å². The highest BCUT2D eigenvalue weighted by Crippen LogP contribution is 2.38. The van der Waals surface area contributed by atoms with E-state index in [2.05, 4.69) is 5.32 Å². The summed E-state index contributed by atoms with van der Waals surface area (Å²) < 4.78 is 21.2. The van der Waals surface area contributed by atoms with Crippen molar-refractivity contribution in [3.05, 3.63) is 47.5 Å². The molecule has 0 bridgehead atoms. The Kier molecular flexibility index (Phi) is 7.23. The lowest BCUT2D eigenvalue weighted by Crippen LogP contribution is -2.46. The molecular weight excluding hydrogens is 400 g/mol. The molecule has 0 spiro atoms. The van der Waals surface area contributed by atoms with E-state index in [1.165, 1.54) is 21.3 Å². The summed E-state index contributed by atoms with van der Waals surface area (Å²) >= 11 is 0. The fourth-order valence-corrected chi connectivity index (χ4v) is 3.65. The molecule has 0 radical (unpaired) electrons. The molecule has 31 heavy (non-hydrogen) atoms. The van der Waals surface area contributed by atoms with Gasteiger partial charge in [-0.3, -0.25) is 9.59 Å². The second-order valence-corrected chi connectivity index (χ2v) is 7.19. The molecule has 0 aliphatic carbocycles. The Balaban J connectivity index is 1.63. The number of amides is 2. The van der Waals surface area contributed by atoms with Gasteiger partial charge in [-0.05, 0) is 43.2 Å². The minimum Gasteiger partial charge on any atom is -0.497 e. The van der Waals surface area contributed by atoms with E-state index < -0.39 is 0 Å². The Bertz CT molecular complexity index is 912. The van der Waals surface area contributed by atoms with Crippen LogP contribution in [0.2, 0.25) is 0 Å². The van der Waals surface area contributed by atoms with Gasteiger partial charge in [0, 0.05) is 30.3 Å². The molecule has 1 N–H and O–H groups in total. The smallest absolute Gasteiger partial charge is 0.254 e. The monoisotopic (exact) mass is 428 g/mol. The van der Waals surface area contributed by atoms with Crippen molar-refractivity contribution in [1.29, 1.82) is 0 Å². The van der Waals surface area contributed by atoms with Gasteiger partial charge in [0.25, 0.3) is 11.8 Å². The van der Waals surface area contributed by atoms with Crippen LogP contribution in [0.1, 0.15) is 33.6 Å². The second-order valence-electron chi connectivity index (χ2n) is 7.19. The number of methoxy groups -OCH3 is 4. The van der Waals surface area contributed by atoms with Gasteiger partial charge >= 0.3 is 0 Å². The summed E-state index contributed by atoms with van der Waals surface area (Å²) in [7, 11) is 6.12. The molecular formula is C23H28N2O6. The number of carbonyl (C=O) groups is 2. The molecule has 0 saturated carbocycles.